The zero-order valence-corrected chi connectivity index (χ0v) is 15.9. The van der Waals surface area contributed by atoms with Crippen molar-refractivity contribution in [3.05, 3.63) is 59.2 Å². The first-order valence-electron chi connectivity index (χ1n) is 8.48. The quantitative estimate of drug-likeness (QED) is 0.643. The van der Waals surface area contributed by atoms with Crippen molar-refractivity contribution in [3.8, 4) is 11.5 Å². The van der Waals surface area contributed by atoms with Crippen LogP contribution in [0.4, 0.5) is 5.69 Å². The van der Waals surface area contributed by atoms with Gasteiger partial charge in [0, 0.05) is 11.3 Å². The fourth-order valence-corrected chi connectivity index (χ4v) is 3.15. The summed E-state index contributed by atoms with van der Waals surface area (Å²) in [7, 11) is 0. The van der Waals surface area contributed by atoms with Crippen LogP contribution in [0.1, 0.15) is 23.6 Å². The van der Waals surface area contributed by atoms with Crippen LogP contribution in [0.25, 0.3) is 11.5 Å². The van der Waals surface area contributed by atoms with E-state index >= 15 is 0 Å². The summed E-state index contributed by atoms with van der Waals surface area (Å²) in [5.41, 5.74) is 5.12. The number of carbonyl (C=O) groups is 1. The van der Waals surface area contributed by atoms with E-state index in [4.69, 9.17) is 4.42 Å². The lowest BCUT2D eigenvalue weighted by Gasteiger charge is -2.12. The summed E-state index contributed by atoms with van der Waals surface area (Å²) < 4.78 is 5.64. The summed E-state index contributed by atoms with van der Waals surface area (Å²) in [5, 5.41) is 11.4. The molecule has 0 aliphatic carbocycles. The van der Waals surface area contributed by atoms with Gasteiger partial charge in [0.05, 0.1) is 5.75 Å². The lowest BCUT2D eigenvalue weighted by atomic mass is 10.1. The first kappa shape index (κ1) is 18.2. The van der Waals surface area contributed by atoms with Gasteiger partial charge >= 0.3 is 0 Å². The van der Waals surface area contributed by atoms with Crippen molar-refractivity contribution in [3.63, 3.8) is 0 Å². The van der Waals surface area contributed by atoms with Crippen LogP contribution in [0.2, 0.25) is 0 Å². The highest BCUT2D eigenvalue weighted by molar-refractivity contribution is 7.99. The summed E-state index contributed by atoms with van der Waals surface area (Å²) in [6.45, 7) is 6.09. The smallest absolute Gasteiger partial charge is 0.277 e. The van der Waals surface area contributed by atoms with Gasteiger partial charge in [-0.25, -0.2) is 0 Å². The van der Waals surface area contributed by atoms with Gasteiger partial charge in [-0.15, -0.1) is 10.2 Å². The average Bonchev–Trinajstić information content (AvgIpc) is 3.11. The monoisotopic (exact) mass is 367 g/mol. The number of nitrogens with one attached hydrogen (secondary N) is 1. The van der Waals surface area contributed by atoms with Crippen LogP contribution >= 0.6 is 11.8 Å². The highest BCUT2D eigenvalue weighted by atomic mass is 32.2. The Bertz CT molecular complexity index is 904. The molecule has 0 unspecified atom stereocenters. The van der Waals surface area contributed by atoms with Crippen LogP contribution in [-0.2, 0) is 11.2 Å². The Balaban J connectivity index is 1.61. The maximum atomic E-state index is 12.3. The number of aromatic nitrogens is 2. The van der Waals surface area contributed by atoms with Crippen LogP contribution < -0.4 is 5.32 Å². The first-order chi connectivity index (χ1) is 12.6. The van der Waals surface area contributed by atoms with Gasteiger partial charge in [-0.05, 0) is 43.5 Å². The Kier molecular flexibility index (Phi) is 5.73. The van der Waals surface area contributed by atoms with Gasteiger partial charge in [0.15, 0.2) is 0 Å². The van der Waals surface area contributed by atoms with Crippen LogP contribution in [-0.4, -0.2) is 21.9 Å². The van der Waals surface area contributed by atoms with E-state index in [-0.39, 0.29) is 11.7 Å². The predicted octanol–water partition coefficient (Wildman–Crippen LogP) is 4.65. The van der Waals surface area contributed by atoms with Gasteiger partial charge < -0.3 is 9.73 Å². The minimum atomic E-state index is -0.0888. The summed E-state index contributed by atoms with van der Waals surface area (Å²) in [4.78, 5) is 12.3. The molecule has 0 fully saturated rings. The highest BCUT2D eigenvalue weighted by Crippen LogP contribution is 2.25. The zero-order chi connectivity index (χ0) is 18.5. The van der Waals surface area contributed by atoms with Crippen molar-refractivity contribution in [1.82, 2.24) is 10.2 Å². The lowest BCUT2D eigenvalue weighted by molar-refractivity contribution is -0.113. The van der Waals surface area contributed by atoms with Gasteiger partial charge in [-0.2, -0.15) is 0 Å². The number of carbonyl (C=O) groups excluding carboxylic acids is 1. The van der Waals surface area contributed by atoms with Gasteiger partial charge in [-0.3, -0.25) is 4.79 Å². The van der Waals surface area contributed by atoms with Crippen molar-refractivity contribution >= 4 is 23.4 Å². The molecule has 0 saturated carbocycles. The fourth-order valence-electron chi connectivity index (χ4n) is 2.59. The van der Waals surface area contributed by atoms with Gasteiger partial charge in [0.1, 0.15) is 0 Å². The van der Waals surface area contributed by atoms with Crippen molar-refractivity contribution < 1.29 is 9.21 Å². The molecule has 3 rings (SSSR count). The highest BCUT2D eigenvalue weighted by Gasteiger charge is 2.13. The predicted molar refractivity (Wildman–Crippen MR) is 104 cm³/mol. The number of amides is 1. The largest absolute Gasteiger partial charge is 0.411 e. The number of hydrogen-bond donors (Lipinski definition) is 1. The topological polar surface area (TPSA) is 68.0 Å². The van der Waals surface area contributed by atoms with E-state index in [9.17, 15) is 4.79 Å². The maximum absolute atomic E-state index is 12.3. The van der Waals surface area contributed by atoms with E-state index in [0.29, 0.717) is 11.1 Å². The number of benzene rings is 2. The molecule has 2 aromatic carbocycles. The molecule has 0 saturated heterocycles. The normalized spacial score (nSPS) is 10.7. The van der Waals surface area contributed by atoms with Crippen LogP contribution in [0.15, 0.2) is 52.1 Å². The molecule has 0 bridgehead atoms. The molecule has 0 aliphatic heterocycles. The SMILES string of the molecule is CCc1cccc(C)c1NC(=O)CSc1nnc(-c2ccc(C)cc2)o1. The summed E-state index contributed by atoms with van der Waals surface area (Å²) in [6.07, 6.45) is 0.869. The lowest BCUT2D eigenvalue weighted by Crippen LogP contribution is -2.16. The van der Waals surface area contributed by atoms with Crippen LogP contribution in [0.5, 0.6) is 0 Å². The molecule has 1 N–H and O–H groups in total. The number of aryl methyl sites for hydroxylation is 3. The number of rotatable bonds is 6. The molecule has 5 nitrogen and oxygen atoms in total. The van der Waals surface area contributed by atoms with Crippen molar-refractivity contribution in [2.75, 3.05) is 11.1 Å². The van der Waals surface area contributed by atoms with Gasteiger partial charge in [-0.1, -0.05) is 54.6 Å². The molecule has 26 heavy (non-hydrogen) atoms. The molecular weight excluding hydrogens is 346 g/mol. The van der Waals surface area contributed by atoms with Gasteiger partial charge in [0.2, 0.25) is 11.8 Å². The third kappa shape index (κ3) is 4.32. The average molecular weight is 367 g/mol. The molecule has 6 heteroatoms. The number of thioether (sulfide) groups is 1. The van der Waals surface area contributed by atoms with E-state index in [0.717, 1.165) is 28.8 Å². The summed E-state index contributed by atoms with van der Waals surface area (Å²) in [5.74, 6) is 0.585. The van der Waals surface area contributed by atoms with E-state index in [1.54, 1.807) is 0 Å². The van der Waals surface area contributed by atoms with E-state index in [2.05, 4.69) is 22.4 Å². The van der Waals surface area contributed by atoms with E-state index in [1.165, 1.54) is 17.3 Å². The second-order valence-electron chi connectivity index (χ2n) is 6.04. The Morgan fingerprint density at radius 1 is 1.12 bits per heavy atom. The van der Waals surface area contributed by atoms with E-state index < -0.39 is 0 Å². The van der Waals surface area contributed by atoms with E-state index in [1.807, 2.05) is 56.3 Å². The maximum Gasteiger partial charge on any atom is 0.277 e. The molecule has 0 aliphatic rings. The molecule has 134 valence electrons. The molecule has 1 amide bonds. The van der Waals surface area contributed by atoms with Crippen molar-refractivity contribution in [2.45, 2.75) is 32.4 Å². The number of para-hydroxylation sites is 1. The molecule has 3 aromatic rings. The Hall–Kier alpha value is -2.60. The minimum absolute atomic E-state index is 0.0888. The summed E-state index contributed by atoms with van der Waals surface area (Å²) in [6, 6.07) is 13.9. The fraction of sp³-hybridized carbons (Fsp3) is 0.250. The van der Waals surface area contributed by atoms with Gasteiger partial charge in [0.25, 0.3) is 5.22 Å². The van der Waals surface area contributed by atoms with Crippen molar-refractivity contribution in [1.29, 1.82) is 0 Å². The third-order valence-electron chi connectivity index (χ3n) is 4.04. The second-order valence-corrected chi connectivity index (χ2v) is 6.97. The Morgan fingerprint density at radius 3 is 2.62 bits per heavy atom. The second kappa shape index (κ2) is 8.19. The molecule has 0 atom stereocenters. The molecule has 0 spiro atoms. The standard InChI is InChI=1S/C20H21N3O2S/c1-4-15-7-5-6-14(3)18(15)21-17(24)12-26-20-23-22-19(25-20)16-10-8-13(2)9-11-16/h5-11H,4,12H2,1-3H3,(H,21,24). The van der Waals surface area contributed by atoms with Crippen LogP contribution in [0.3, 0.4) is 0 Å². The van der Waals surface area contributed by atoms with Crippen molar-refractivity contribution in [2.24, 2.45) is 0 Å². The molecule has 0 radical (unpaired) electrons. The third-order valence-corrected chi connectivity index (χ3v) is 4.85. The Morgan fingerprint density at radius 2 is 1.88 bits per heavy atom. The number of hydrogen-bond acceptors (Lipinski definition) is 5. The first-order valence-corrected chi connectivity index (χ1v) is 9.47. The summed E-state index contributed by atoms with van der Waals surface area (Å²) >= 11 is 1.23. The Labute approximate surface area is 157 Å². The minimum Gasteiger partial charge on any atom is -0.411 e. The van der Waals surface area contributed by atoms with Crippen LogP contribution in [0, 0.1) is 13.8 Å². The molecule has 1 aromatic heterocycles. The number of nitrogens with zero attached hydrogens (tertiary/aromatic N) is 2. The molecule has 1 heterocycles. The molecular formula is C20H21N3O2S. The zero-order valence-electron chi connectivity index (χ0n) is 15.1. The number of anilines is 1.